The largest absolute Gasteiger partial charge is 0.351 e. The van der Waals surface area contributed by atoms with Gasteiger partial charge in [-0.1, -0.05) is 66.4 Å². The number of thioether (sulfide) groups is 1. The number of hydrogen-bond donors (Lipinski definition) is 1. The van der Waals surface area contributed by atoms with Crippen molar-refractivity contribution in [1.82, 2.24) is 15.5 Å². The van der Waals surface area contributed by atoms with Gasteiger partial charge in [-0.15, -0.1) is 5.10 Å². The molecule has 1 aromatic heterocycles. The van der Waals surface area contributed by atoms with Crippen molar-refractivity contribution in [3.05, 3.63) is 65.9 Å². The van der Waals surface area contributed by atoms with E-state index in [9.17, 15) is 4.79 Å². The summed E-state index contributed by atoms with van der Waals surface area (Å²) >= 11 is 1.42. The van der Waals surface area contributed by atoms with Crippen molar-refractivity contribution < 1.29 is 4.79 Å². The molecule has 23 heavy (non-hydrogen) atoms. The van der Waals surface area contributed by atoms with Gasteiger partial charge in [0.05, 0.1) is 11.4 Å². The Bertz CT molecular complexity index is 821. The van der Waals surface area contributed by atoms with E-state index in [4.69, 9.17) is 0 Å². The summed E-state index contributed by atoms with van der Waals surface area (Å²) in [6, 6.07) is 17.9. The van der Waals surface area contributed by atoms with Gasteiger partial charge in [-0.05, 0) is 12.5 Å². The number of benzene rings is 2. The normalized spacial score (nSPS) is 10.7. The fourth-order valence-electron chi connectivity index (χ4n) is 2.30. The molecule has 0 atom stereocenters. The molecule has 5 heteroatoms. The maximum Gasteiger partial charge on any atom is 0.230 e. The highest BCUT2D eigenvalue weighted by molar-refractivity contribution is 8.00. The van der Waals surface area contributed by atoms with Crippen LogP contribution in [0.1, 0.15) is 11.3 Å². The molecule has 0 saturated carbocycles. The van der Waals surface area contributed by atoms with Crippen LogP contribution < -0.4 is 5.32 Å². The standard InChI is InChI=1S/C18H17N3OS/c1-13-15-9-5-6-10-16(15)18(21-20-13)23-12-17(22)19-11-14-7-3-2-4-8-14/h2-10H,11-12H2,1H3,(H,19,22). The Morgan fingerprint density at radius 1 is 1.00 bits per heavy atom. The number of rotatable bonds is 5. The van der Waals surface area contributed by atoms with Crippen molar-refractivity contribution in [3.63, 3.8) is 0 Å². The van der Waals surface area contributed by atoms with Crippen LogP contribution in [0.15, 0.2) is 59.6 Å². The van der Waals surface area contributed by atoms with Gasteiger partial charge in [0.15, 0.2) is 0 Å². The second-order valence-electron chi connectivity index (χ2n) is 5.19. The van der Waals surface area contributed by atoms with Crippen molar-refractivity contribution in [1.29, 1.82) is 0 Å². The molecular formula is C18H17N3OS. The van der Waals surface area contributed by atoms with Crippen LogP contribution in [0.4, 0.5) is 0 Å². The maximum atomic E-state index is 12.0. The second kappa shape index (κ2) is 7.24. The van der Waals surface area contributed by atoms with Crippen LogP contribution in [0, 0.1) is 6.92 Å². The fourth-order valence-corrected chi connectivity index (χ4v) is 3.10. The molecular weight excluding hydrogens is 306 g/mol. The van der Waals surface area contributed by atoms with Crippen molar-refractivity contribution in [2.75, 3.05) is 5.75 Å². The van der Waals surface area contributed by atoms with Crippen molar-refractivity contribution in [2.24, 2.45) is 0 Å². The molecule has 2 aromatic carbocycles. The van der Waals surface area contributed by atoms with Gasteiger partial charge in [0, 0.05) is 17.3 Å². The second-order valence-corrected chi connectivity index (χ2v) is 6.15. The van der Waals surface area contributed by atoms with Gasteiger partial charge >= 0.3 is 0 Å². The Morgan fingerprint density at radius 2 is 1.70 bits per heavy atom. The first-order valence-electron chi connectivity index (χ1n) is 7.39. The molecule has 3 rings (SSSR count). The molecule has 3 aromatic rings. The molecule has 1 N–H and O–H groups in total. The third-order valence-electron chi connectivity index (χ3n) is 3.51. The first kappa shape index (κ1) is 15.5. The smallest absolute Gasteiger partial charge is 0.230 e. The van der Waals surface area contributed by atoms with Crippen molar-refractivity contribution >= 4 is 28.4 Å². The highest BCUT2D eigenvalue weighted by Crippen LogP contribution is 2.26. The van der Waals surface area contributed by atoms with E-state index in [-0.39, 0.29) is 5.91 Å². The lowest BCUT2D eigenvalue weighted by atomic mass is 10.1. The minimum atomic E-state index is -0.00897. The van der Waals surface area contributed by atoms with E-state index in [1.807, 2.05) is 61.5 Å². The number of aromatic nitrogens is 2. The lowest BCUT2D eigenvalue weighted by Gasteiger charge is -2.07. The summed E-state index contributed by atoms with van der Waals surface area (Å²) in [5.74, 6) is 0.319. The zero-order valence-electron chi connectivity index (χ0n) is 12.8. The Hall–Kier alpha value is -2.40. The van der Waals surface area contributed by atoms with Gasteiger partial charge in [-0.3, -0.25) is 4.79 Å². The molecule has 116 valence electrons. The van der Waals surface area contributed by atoms with Crippen LogP contribution in [0.2, 0.25) is 0 Å². The number of amides is 1. The van der Waals surface area contributed by atoms with E-state index in [0.29, 0.717) is 12.3 Å². The van der Waals surface area contributed by atoms with Crippen LogP contribution >= 0.6 is 11.8 Å². The molecule has 0 bridgehead atoms. The van der Waals surface area contributed by atoms with E-state index in [0.717, 1.165) is 27.1 Å². The molecule has 0 aliphatic heterocycles. The Morgan fingerprint density at radius 3 is 2.48 bits per heavy atom. The molecule has 0 fully saturated rings. The summed E-state index contributed by atoms with van der Waals surface area (Å²) in [6.07, 6.45) is 0. The molecule has 0 saturated heterocycles. The molecule has 0 aliphatic carbocycles. The van der Waals surface area contributed by atoms with Crippen LogP contribution in [0.3, 0.4) is 0 Å². The molecule has 1 amide bonds. The molecule has 0 spiro atoms. The molecule has 0 aliphatic rings. The van der Waals surface area contributed by atoms with Gasteiger partial charge in [-0.25, -0.2) is 0 Å². The Kier molecular flexibility index (Phi) is 4.88. The topological polar surface area (TPSA) is 54.9 Å². The predicted molar refractivity (Wildman–Crippen MR) is 93.3 cm³/mol. The lowest BCUT2D eigenvalue weighted by molar-refractivity contribution is -0.118. The predicted octanol–water partition coefficient (Wildman–Crippen LogP) is 3.35. The van der Waals surface area contributed by atoms with Gasteiger partial charge in [-0.2, -0.15) is 5.10 Å². The summed E-state index contributed by atoms with van der Waals surface area (Å²) in [7, 11) is 0. The van der Waals surface area contributed by atoms with Crippen molar-refractivity contribution in [2.45, 2.75) is 18.5 Å². The molecule has 4 nitrogen and oxygen atoms in total. The number of nitrogens with one attached hydrogen (secondary N) is 1. The number of aryl methyl sites for hydroxylation is 1. The highest BCUT2D eigenvalue weighted by Gasteiger charge is 2.09. The highest BCUT2D eigenvalue weighted by atomic mass is 32.2. The van der Waals surface area contributed by atoms with Crippen LogP contribution in [-0.2, 0) is 11.3 Å². The van der Waals surface area contributed by atoms with E-state index >= 15 is 0 Å². The number of hydrogen-bond acceptors (Lipinski definition) is 4. The Labute approximate surface area is 139 Å². The summed E-state index contributed by atoms with van der Waals surface area (Å²) in [5.41, 5.74) is 1.99. The zero-order valence-corrected chi connectivity index (χ0v) is 13.6. The molecule has 0 unspecified atom stereocenters. The van der Waals surface area contributed by atoms with Crippen LogP contribution in [0.25, 0.3) is 10.8 Å². The third kappa shape index (κ3) is 3.87. The number of nitrogens with zero attached hydrogens (tertiary/aromatic N) is 2. The third-order valence-corrected chi connectivity index (χ3v) is 4.49. The maximum absolute atomic E-state index is 12.0. The van der Waals surface area contributed by atoms with E-state index in [1.54, 1.807) is 0 Å². The first-order chi connectivity index (χ1) is 11.2. The van der Waals surface area contributed by atoms with Gasteiger partial charge in [0.25, 0.3) is 0 Å². The number of carbonyl (C=O) groups excluding carboxylic acids is 1. The quantitative estimate of drug-likeness (QED) is 0.732. The first-order valence-corrected chi connectivity index (χ1v) is 8.38. The van der Waals surface area contributed by atoms with Gasteiger partial charge in [0.1, 0.15) is 5.03 Å². The molecule has 1 heterocycles. The van der Waals surface area contributed by atoms with Gasteiger partial charge in [0.2, 0.25) is 5.91 Å². The summed E-state index contributed by atoms with van der Waals surface area (Å²) in [5, 5.41) is 14.2. The SMILES string of the molecule is Cc1nnc(SCC(=O)NCc2ccccc2)c2ccccc12. The van der Waals surface area contributed by atoms with Gasteiger partial charge < -0.3 is 5.32 Å². The average Bonchev–Trinajstić information content (AvgIpc) is 2.60. The number of carbonyl (C=O) groups is 1. The summed E-state index contributed by atoms with van der Waals surface area (Å²) in [6.45, 7) is 2.48. The number of fused-ring (bicyclic) bond motifs is 1. The average molecular weight is 323 g/mol. The summed E-state index contributed by atoms with van der Waals surface area (Å²) in [4.78, 5) is 12.0. The van der Waals surface area contributed by atoms with E-state index in [1.165, 1.54) is 11.8 Å². The van der Waals surface area contributed by atoms with E-state index in [2.05, 4.69) is 15.5 Å². The monoisotopic (exact) mass is 323 g/mol. The van der Waals surface area contributed by atoms with Crippen molar-refractivity contribution in [3.8, 4) is 0 Å². The van der Waals surface area contributed by atoms with E-state index < -0.39 is 0 Å². The minimum Gasteiger partial charge on any atom is -0.351 e. The lowest BCUT2D eigenvalue weighted by Crippen LogP contribution is -2.24. The summed E-state index contributed by atoms with van der Waals surface area (Å²) < 4.78 is 0. The molecule has 0 radical (unpaired) electrons. The Balaban J connectivity index is 1.62. The van der Waals surface area contributed by atoms with Crippen LogP contribution in [-0.4, -0.2) is 21.9 Å². The zero-order chi connectivity index (χ0) is 16.1. The minimum absolute atomic E-state index is 0.00897. The van der Waals surface area contributed by atoms with Crippen LogP contribution in [0.5, 0.6) is 0 Å². The fraction of sp³-hybridized carbons (Fsp3) is 0.167.